The summed E-state index contributed by atoms with van der Waals surface area (Å²) in [5.41, 5.74) is 0. The Morgan fingerprint density at radius 3 is 3.19 bits per heavy atom. The minimum atomic E-state index is 0.432. The van der Waals surface area contributed by atoms with Gasteiger partial charge in [0.05, 0.1) is 12.4 Å². The summed E-state index contributed by atoms with van der Waals surface area (Å²) in [6, 6.07) is 0. The summed E-state index contributed by atoms with van der Waals surface area (Å²) in [5.74, 6) is 0.702. The molecule has 0 saturated carbocycles. The van der Waals surface area contributed by atoms with Crippen LogP contribution < -0.4 is 5.32 Å². The molecule has 1 aliphatic heterocycles. The molecule has 2 heterocycles. The number of ether oxygens (including phenoxy) is 1. The van der Waals surface area contributed by atoms with Crippen LogP contribution in [0.2, 0.25) is 0 Å². The largest absolute Gasteiger partial charge is 0.378 e. The summed E-state index contributed by atoms with van der Waals surface area (Å²) in [7, 11) is 0. The summed E-state index contributed by atoms with van der Waals surface area (Å²) in [4.78, 5) is 4.02. The molecule has 4 heteroatoms. The number of rotatable bonds is 6. The van der Waals surface area contributed by atoms with E-state index in [1.807, 2.05) is 18.7 Å². The third kappa shape index (κ3) is 3.32. The van der Waals surface area contributed by atoms with Crippen LogP contribution in [-0.2, 0) is 11.3 Å². The Morgan fingerprint density at radius 2 is 2.50 bits per heavy atom. The molecule has 2 atom stereocenters. The molecule has 4 nitrogen and oxygen atoms in total. The van der Waals surface area contributed by atoms with Gasteiger partial charge in [0.1, 0.15) is 0 Å². The van der Waals surface area contributed by atoms with E-state index in [-0.39, 0.29) is 0 Å². The predicted octanol–water partition coefficient (Wildman–Crippen LogP) is 1.29. The second-order valence-corrected chi connectivity index (χ2v) is 4.48. The van der Waals surface area contributed by atoms with Gasteiger partial charge >= 0.3 is 0 Å². The quantitative estimate of drug-likeness (QED) is 0.739. The molecule has 1 fully saturated rings. The SMILES string of the molecule is CC1OCCC1CNCCCn1ccnc1. The molecular weight excluding hydrogens is 202 g/mol. The van der Waals surface area contributed by atoms with Crippen LogP contribution in [0.15, 0.2) is 18.7 Å². The van der Waals surface area contributed by atoms with Crippen molar-refractivity contribution in [3.05, 3.63) is 18.7 Å². The second-order valence-electron chi connectivity index (χ2n) is 4.48. The lowest BCUT2D eigenvalue weighted by atomic mass is 10.0. The molecule has 0 radical (unpaired) electrons. The van der Waals surface area contributed by atoms with Crippen LogP contribution in [0.5, 0.6) is 0 Å². The zero-order valence-corrected chi connectivity index (χ0v) is 9.93. The lowest BCUT2D eigenvalue weighted by Gasteiger charge is -2.14. The second kappa shape index (κ2) is 6.01. The van der Waals surface area contributed by atoms with E-state index >= 15 is 0 Å². The fraction of sp³-hybridized carbons (Fsp3) is 0.750. The molecule has 16 heavy (non-hydrogen) atoms. The zero-order valence-electron chi connectivity index (χ0n) is 9.93. The highest BCUT2D eigenvalue weighted by Gasteiger charge is 2.23. The molecule has 0 bridgehead atoms. The zero-order chi connectivity index (χ0) is 11.2. The fourth-order valence-corrected chi connectivity index (χ4v) is 2.14. The van der Waals surface area contributed by atoms with Crippen molar-refractivity contribution in [3.63, 3.8) is 0 Å². The Kier molecular flexibility index (Phi) is 4.36. The standard InChI is InChI=1S/C12H21N3O/c1-11-12(3-8-16-11)9-13-4-2-6-15-7-5-14-10-15/h5,7,10-13H,2-4,6,8-9H2,1H3. The van der Waals surface area contributed by atoms with Crippen molar-refractivity contribution < 1.29 is 4.74 Å². The van der Waals surface area contributed by atoms with E-state index in [1.54, 1.807) is 0 Å². The average Bonchev–Trinajstić information content (AvgIpc) is 2.90. The van der Waals surface area contributed by atoms with Gasteiger partial charge in [0.25, 0.3) is 0 Å². The van der Waals surface area contributed by atoms with Crippen molar-refractivity contribution >= 4 is 0 Å². The molecular formula is C12H21N3O. The first kappa shape index (κ1) is 11.6. The average molecular weight is 223 g/mol. The van der Waals surface area contributed by atoms with Gasteiger partial charge in [0.2, 0.25) is 0 Å². The van der Waals surface area contributed by atoms with Crippen molar-refractivity contribution in [1.82, 2.24) is 14.9 Å². The van der Waals surface area contributed by atoms with Gasteiger partial charge in [-0.05, 0) is 32.2 Å². The summed E-state index contributed by atoms with van der Waals surface area (Å²) >= 11 is 0. The summed E-state index contributed by atoms with van der Waals surface area (Å²) in [6.45, 7) is 6.31. The number of aryl methyl sites for hydroxylation is 1. The molecule has 0 spiro atoms. The van der Waals surface area contributed by atoms with Crippen molar-refractivity contribution in [2.45, 2.75) is 32.4 Å². The Hall–Kier alpha value is -0.870. The van der Waals surface area contributed by atoms with Crippen molar-refractivity contribution in [2.75, 3.05) is 19.7 Å². The van der Waals surface area contributed by atoms with E-state index in [2.05, 4.69) is 21.8 Å². The molecule has 1 aromatic rings. The fourth-order valence-electron chi connectivity index (χ4n) is 2.14. The molecule has 2 unspecified atom stereocenters. The maximum absolute atomic E-state index is 5.53. The lowest BCUT2D eigenvalue weighted by Crippen LogP contribution is -2.28. The molecule has 0 aromatic carbocycles. The van der Waals surface area contributed by atoms with Crippen molar-refractivity contribution in [2.24, 2.45) is 5.92 Å². The first-order valence-electron chi connectivity index (χ1n) is 6.14. The Bertz CT molecular complexity index is 286. The molecule has 2 rings (SSSR count). The van der Waals surface area contributed by atoms with Crippen molar-refractivity contribution in [3.8, 4) is 0 Å². The van der Waals surface area contributed by atoms with Gasteiger partial charge in [0, 0.05) is 32.1 Å². The van der Waals surface area contributed by atoms with E-state index < -0.39 is 0 Å². The number of nitrogens with zero attached hydrogens (tertiary/aromatic N) is 2. The number of hydrogen-bond acceptors (Lipinski definition) is 3. The van der Waals surface area contributed by atoms with Crippen LogP contribution in [0.3, 0.4) is 0 Å². The van der Waals surface area contributed by atoms with E-state index in [0.717, 1.165) is 32.7 Å². The molecule has 1 N–H and O–H groups in total. The van der Waals surface area contributed by atoms with Crippen LogP contribution in [0.4, 0.5) is 0 Å². The van der Waals surface area contributed by atoms with Crippen LogP contribution in [0, 0.1) is 5.92 Å². The van der Waals surface area contributed by atoms with Gasteiger partial charge in [-0.2, -0.15) is 0 Å². The number of imidazole rings is 1. The number of hydrogen-bond donors (Lipinski definition) is 1. The van der Waals surface area contributed by atoms with Gasteiger partial charge < -0.3 is 14.6 Å². The third-order valence-corrected chi connectivity index (χ3v) is 3.27. The van der Waals surface area contributed by atoms with E-state index in [0.29, 0.717) is 12.0 Å². The minimum Gasteiger partial charge on any atom is -0.378 e. The van der Waals surface area contributed by atoms with Crippen LogP contribution in [-0.4, -0.2) is 35.4 Å². The predicted molar refractivity (Wildman–Crippen MR) is 63.2 cm³/mol. The Balaban J connectivity index is 1.52. The highest BCUT2D eigenvalue weighted by molar-refractivity contribution is 4.75. The van der Waals surface area contributed by atoms with Crippen LogP contribution >= 0.6 is 0 Å². The van der Waals surface area contributed by atoms with Gasteiger partial charge in [-0.25, -0.2) is 4.98 Å². The first-order chi connectivity index (χ1) is 7.86. The van der Waals surface area contributed by atoms with Crippen LogP contribution in [0.1, 0.15) is 19.8 Å². The van der Waals surface area contributed by atoms with E-state index in [1.165, 1.54) is 6.42 Å². The normalized spacial score (nSPS) is 25.1. The topological polar surface area (TPSA) is 39.1 Å². The summed E-state index contributed by atoms with van der Waals surface area (Å²) < 4.78 is 7.64. The molecule has 0 amide bonds. The van der Waals surface area contributed by atoms with Gasteiger partial charge in [-0.1, -0.05) is 0 Å². The molecule has 1 aliphatic rings. The monoisotopic (exact) mass is 223 g/mol. The van der Waals surface area contributed by atoms with Gasteiger partial charge in [-0.15, -0.1) is 0 Å². The lowest BCUT2D eigenvalue weighted by molar-refractivity contribution is 0.105. The van der Waals surface area contributed by atoms with Gasteiger partial charge in [-0.3, -0.25) is 0 Å². The Labute approximate surface area is 97.0 Å². The van der Waals surface area contributed by atoms with Gasteiger partial charge in [0.15, 0.2) is 0 Å². The highest BCUT2D eigenvalue weighted by Crippen LogP contribution is 2.19. The molecule has 0 aliphatic carbocycles. The smallest absolute Gasteiger partial charge is 0.0945 e. The maximum atomic E-state index is 5.53. The molecule has 1 aromatic heterocycles. The summed E-state index contributed by atoms with van der Waals surface area (Å²) in [5, 5.41) is 3.51. The number of aromatic nitrogens is 2. The third-order valence-electron chi connectivity index (χ3n) is 3.27. The number of nitrogens with one attached hydrogen (secondary N) is 1. The summed E-state index contributed by atoms with van der Waals surface area (Å²) in [6.07, 6.45) is 8.49. The molecule has 90 valence electrons. The van der Waals surface area contributed by atoms with Crippen LogP contribution in [0.25, 0.3) is 0 Å². The first-order valence-corrected chi connectivity index (χ1v) is 6.14. The maximum Gasteiger partial charge on any atom is 0.0945 e. The van der Waals surface area contributed by atoms with E-state index in [4.69, 9.17) is 4.74 Å². The minimum absolute atomic E-state index is 0.432. The molecule has 1 saturated heterocycles. The Morgan fingerprint density at radius 1 is 1.56 bits per heavy atom. The van der Waals surface area contributed by atoms with Crippen molar-refractivity contribution in [1.29, 1.82) is 0 Å². The van der Waals surface area contributed by atoms with E-state index in [9.17, 15) is 0 Å². The highest BCUT2D eigenvalue weighted by atomic mass is 16.5.